The minimum absolute atomic E-state index is 0.508. The van der Waals surface area contributed by atoms with Crippen molar-refractivity contribution in [1.82, 2.24) is 9.55 Å². The molecule has 0 aliphatic heterocycles. The highest BCUT2D eigenvalue weighted by Gasteiger charge is 2.05. The summed E-state index contributed by atoms with van der Waals surface area (Å²) in [6.07, 6.45) is 1.87. The lowest BCUT2D eigenvalue weighted by molar-refractivity contribution is 1.03. The highest BCUT2D eigenvalue weighted by Crippen LogP contribution is 2.22. The van der Waals surface area contributed by atoms with Crippen molar-refractivity contribution in [3.05, 3.63) is 45.4 Å². The van der Waals surface area contributed by atoms with E-state index in [2.05, 4.69) is 4.98 Å². The molecule has 2 rings (SSSR count). The third kappa shape index (κ3) is 1.87. The van der Waals surface area contributed by atoms with Gasteiger partial charge in [-0.25, -0.2) is 0 Å². The molecular formula is C11H8ClN3S. The van der Waals surface area contributed by atoms with Gasteiger partial charge in [0, 0.05) is 11.9 Å². The second kappa shape index (κ2) is 4.12. The first-order valence-corrected chi connectivity index (χ1v) is 5.39. The lowest BCUT2D eigenvalue weighted by Crippen LogP contribution is -1.93. The molecule has 1 aromatic heterocycles. The van der Waals surface area contributed by atoms with Crippen molar-refractivity contribution in [2.24, 2.45) is 0 Å². The zero-order valence-corrected chi connectivity index (χ0v) is 10.1. The first-order valence-electron chi connectivity index (χ1n) is 4.60. The monoisotopic (exact) mass is 249 g/mol. The molecule has 0 unspecified atom stereocenters. The fourth-order valence-corrected chi connectivity index (χ4v) is 2.05. The minimum Gasteiger partial charge on any atom is -0.335 e. The Balaban J connectivity index is 2.62. The summed E-state index contributed by atoms with van der Waals surface area (Å²) in [5.41, 5.74) is 2.27. The van der Waals surface area contributed by atoms with Crippen molar-refractivity contribution in [2.75, 3.05) is 0 Å². The minimum atomic E-state index is 0.508. The number of imidazole rings is 1. The van der Waals surface area contributed by atoms with Gasteiger partial charge in [0.05, 0.1) is 22.3 Å². The average molecular weight is 250 g/mol. The molecule has 0 saturated heterocycles. The van der Waals surface area contributed by atoms with Gasteiger partial charge in [0.1, 0.15) is 0 Å². The van der Waals surface area contributed by atoms with Crippen molar-refractivity contribution in [3.63, 3.8) is 0 Å². The van der Waals surface area contributed by atoms with Crippen LogP contribution < -0.4 is 0 Å². The summed E-state index contributed by atoms with van der Waals surface area (Å²) >= 11 is 11.3. The van der Waals surface area contributed by atoms with Gasteiger partial charge in [-0.3, -0.25) is 4.57 Å². The summed E-state index contributed by atoms with van der Waals surface area (Å²) in [6.45, 7) is 1.92. The predicted molar refractivity (Wildman–Crippen MR) is 65.4 cm³/mol. The molecule has 16 heavy (non-hydrogen) atoms. The van der Waals surface area contributed by atoms with Crippen LogP contribution in [0.3, 0.4) is 0 Å². The number of nitriles is 1. The number of rotatable bonds is 1. The molecule has 3 nitrogen and oxygen atoms in total. The van der Waals surface area contributed by atoms with Crippen LogP contribution in [0.5, 0.6) is 0 Å². The number of nitrogens with one attached hydrogen (secondary N) is 1. The Labute approximate surface area is 103 Å². The van der Waals surface area contributed by atoms with Crippen LogP contribution in [0.1, 0.15) is 11.3 Å². The van der Waals surface area contributed by atoms with E-state index in [0.29, 0.717) is 15.4 Å². The first-order chi connectivity index (χ1) is 7.61. The van der Waals surface area contributed by atoms with Crippen LogP contribution in [0, 0.1) is 23.0 Å². The third-order valence-electron chi connectivity index (χ3n) is 2.18. The van der Waals surface area contributed by atoms with Crippen LogP contribution >= 0.6 is 23.8 Å². The summed E-state index contributed by atoms with van der Waals surface area (Å²) in [5, 5.41) is 9.25. The van der Waals surface area contributed by atoms with Crippen molar-refractivity contribution in [2.45, 2.75) is 6.92 Å². The number of aromatic nitrogens is 2. The van der Waals surface area contributed by atoms with E-state index in [1.165, 1.54) is 0 Å². The van der Waals surface area contributed by atoms with Crippen LogP contribution in [0.2, 0.25) is 5.02 Å². The number of halogens is 1. The quantitative estimate of drug-likeness (QED) is 0.788. The van der Waals surface area contributed by atoms with Gasteiger partial charge in [0.2, 0.25) is 0 Å². The van der Waals surface area contributed by atoms with Crippen molar-refractivity contribution in [1.29, 1.82) is 5.26 Å². The molecule has 0 aliphatic rings. The number of hydrogen-bond acceptors (Lipinski definition) is 2. The standard InChI is InChI=1S/C11H8ClN3S/c1-7-6-15(11(16)14-7)10-3-2-8(5-13)4-9(10)12/h2-4,6H,1H3,(H,14,16). The second-order valence-corrected chi connectivity index (χ2v) is 4.18. The van der Waals surface area contributed by atoms with Gasteiger partial charge in [-0.2, -0.15) is 5.26 Å². The molecule has 0 radical (unpaired) electrons. The average Bonchev–Trinajstić information content (AvgIpc) is 2.57. The Morgan fingerprint density at radius 2 is 2.25 bits per heavy atom. The van der Waals surface area contributed by atoms with Gasteiger partial charge < -0.3 is 4.98 Å². The molecule has 0 aliphatic carbocycles. The number of H-pyrrole nitrogens is 1. The van der Waals surface area contributed by atoms with Crippen molar-refractivity contribution >= 4 is 23.8 Å². The maximum Gasteiger partial charge on any atom is 0.182 e. The Kier molecular flexibility index (Phi) is 2.82. The molecule has 1 heterocycles. The Hall–Kier alpha value is -1.57. The van der Waals surface area contributed by atoms with Gasteiger partial charge in [-0.05, 0) is 37.3 Å². The van der Waals surface area contributed by atoms with Gasteiger partial charge in [0.15, 0.2) is 4.77 Å². The largest absolute Gasteiger partial charge is 0.335 e. The van der Waals surface area contributed by atoms with E-state index in [-0.39, 0.29) is 0 Å². The first kappa shape index (κ1) is 10.9. The van der Waals surface area contributed by atoms with Crippen LogP contribution in [-0.4, -0.2) is 9.55 Å². The Morgan fingerprint density at radius 3 is 2.75 bits per heavy atom. The smallest absolute Gasteiger partial charge is 0.182 e. The normalized spacial score (nSPS) is 10.1. The summed E-state index contributed by atoms with van der Waals surface area (Å²) in [4.78, 5) is 3.02. The lowest BCUT2D eigenvalue weighted by atomic mass is 10.2. The van der Waals surface area contributed by atoms with Gasteiger partial charge in [-0.1, -0.05) is 11.6 Å². The fraction of sp³-hybridized carbons (Fsp3) is 0.0909. The molecule has 1 aromatic carbocycles. The van der Waals surface area contributed by atoms with E-state index >= 15 is 0 Å². The van der Waals surface area contributed by atoms with Crippen LogP contribution in [0.25, 0.3) is 5.69 Å². The van der Waals surface area contributed by atoms with E-state index in [1.54, 1.807) is 22.8 Å². The number of hydrogen-bond donors (Lipinski definition) is 1. The zero-order valence-electron chi connectivity index (χ0n) is 8.49. The van der Waals surface area contributed by atoms with Crippen molar-refractivity contribution < 1.29 is 0 Å². The summed E-state index contributed by atoms with van der Waals surface area (Å²) in [7, 11) is 0. The molecule has 5 heteroatoms. The molecule has 0 atom stereocenters. The SMILES string of the molecule is Cc1cn(-c2ccc(C#N)cc2Cl)c(=S)[nH]1. The maximum atomic E-state index is 8.74. The lowest BCUT2D eigenvalue weighted by Gasteiger charge is -2.04. The Bertz CT molecular complexity index is 633. The molecule has 0 spiro atoms. The predicted octanol–water partition coefficient (Wildman–Crippen LogP) is 3.37. The molecule has 0 saturated carbocycles. The summed E-state index contributed by atoms with van der Waals surface area (Å²) in [5.74, 6) is 0. The highest BCUT2D eigenvalue weighted by atomic mass is 35.5. The molecule has 80 valence electrons. The van der Waals surface area contributed by atoms with Crippen LogP contribution in [0.15, 0.2) is 24.4 Å². The molecule has 2 aromatic rings. The molecule has 0 amide bonds. The number of benzene rings is 1. The van der Waals surface area contributed by atoms with Crippen LogP contribution in [0.4, 0.5) is 0 Å². The van der Waals surface area contributed by atoms with Gasteiger partial charge in [0.25, 0.3) is 0 Å². The number of nitrogens with zero attached hydrogens (tertiary/aromatic N) is 2. The van der Waals surface area contributed by atoms with Crippen LogP contribution in [-0.2, 0) is 0 Å². The van der Waals surface area contributed by atoms with E-state index in [9.17, 15) is 0 Å². The van der Waals surface area contributed by atoms with Gasteiger partial charge >= 0.3 is 0 Å². The molecule has 0 fully saturated rings. The fourth-order valence-electron chi connectivity index (χ4n) is 1.46. The third-order valence-corrected chi connectivity index (χ3v) is 2.78. The Morgan fingerprint density at radius 1 is 1.50 bits per heavy atom. The number of aryl methyl sites for hydroxylation is 1. The summed E-state index contributed by atoms with van der Waals surface area (Å²) < 4.78 is 2.37. The number of aromatic amines is 1. The molecule has 0 bridgehead atoms. The molecular weight excluding hydrogens is 242 g/mol. The molecule has 1 N–H and O–H groups in total. The van der Waals surface area contributed by atoms with E-state index in [0.717, 1.165) is 11.4 Å². The van der Waals surface area contributed by atoms with E-state index < -0.39 is 0 Å². The van der Waals surface area contributed by atoms with Crippen molar-refractivity contribution in [3.8, 4) is 11.8 Å². The maximum absolute atomic E-state index is 8.74. The zero-order chi connectivity index (χ0) is 11.7. The van der Waals surface area contributed by atoms with Gasteiger partial charge in [-0.15, -0.1) is 0 Å². The van der Waals surface area contributed by atoms with E-state index in [4.69, 9.17) is 29.1 Å². The van der Waals surface area contributed by atoms with E-state index in [1.807, 2.05) is 19.2 Å². The topological polar surface area (TPSA) is 44.5 Å². The highest BCUT2D eigenvalue weighted by molar-refractivity contribution is 7.71. The summed E-state index contributed by atoms with van der Waals surface area (Å²) in [6, 6.07) is 7.16. The second-order valence-electron chi connectivity index (χ2n) is 3.39.